The average Bonchev–Trinajstić information content (AvgIpc) is 2.73. The SMILES string of the molecule is COc1ccc(NC(=O)c2cc(NCc3ccccc3Cl)ccn2)cc1OC. The highest BCUT2D eigenvalue weighted by atomic mass is 35.5. The largest absolute Gasteiger partial charge is 0.493 e. The molecule has 0 saturated heterocycles. The molecule has 0 aliphatic heterocycles. The van der Waals surface area contributed by atoms with Crippen molar-refractivity contribution >= 4 is 28.9 Å². The Balaban J connectivity index is 1.69. The molecule has 28 heavy (non-hydrogen) atoms. The molecule has 0 aliphatic carbocycles. The predicted molar refractivity (Wildman–Crippen MR) is 111 cm³/mol. The predicted octanol–water partition coefficient (Wildman–Crippen LogP) is 4.62. The first-order chi connectivity index (χ1) is 13.6. The van der Waals surface area contributed by atoms with Crippen LogP contribution >= 0.6 is 11.6 Å². The van der Waals surface area contributed by atoms with E-state index in [2.05, 4.69) is 15.6 Å². The fourth-order valence-electron chi connectivity index (χ4n) is 2.61. The van der Waals surface area contributed by atoms with Gasteiger partial charge in [0.15, 0.2) is 11.5 Å². The maximum Gasteiger partial charge on any atom is 0.274 e. The number of hydrogen-bond donors (Lipinski definition) is 2. The molecule has 3 rings (SSSR count). The van der Waals surface area contributed by atoms with Crippen molar-refractivity contribution in [3.05, 3.63) is 77.1 Å². The molecule has 1 heterocycles. The van der Waals surface area contributed by atoms with Crippen LogP contribution in [0.5, 0.6) is 11.5 Å². The zero-order chi connectivity index (χ0) is 19.9. The van der Waals surface area contributed by atoms with Gasteiger partial charge in [0.2, 0.25) is 0 Å². The maximum absolute atomic E-state index is 12.6. The summed E-state index contributed by atoms with van der Waals surface area (Å²) in [5, 5.41) is 6.75. The van der Waals surface area contributed by atoms with Crippen LogP contribution in [0.4, 0.5) is 11.4 Å². The molecule has 2 aromatic carbocycles. The Morgan fingerprint density at radius 1 is 1.00 bits per heavy atom. The van der Waals surface area contributed by atoms with Crippen LogP contribution in [0.25, 0.3) is 0 Å². The van der Waals surface area contributed by atoms with Crippen molar-refractivity contribution in [2.24, 2.45) is 0 Å². The van der Waals surface area contributed by atoms with Crippen molar-refractivity contribution in [2.75, 3.05) is 24.9 Å². The summed E-state index contributed by atoms with van der Waals surface area (Å²) in [5.74, 6) is 0.793. The quantitative estimate of drug-likeness (QED) is 0.608. The number of halogens is 1. The number of pyridine rings is 1. The number of rotatable bonds is 7. The van der Waals surface area contributed by atoms with Gasteiger partial charge in [-0.2, -0.15) is 0 Å². The highest BCUT2D eigenvalue weighted by Gasteiger charge is 2.11. The lowest BCUT2D eigenvalue weighted by atomic mass is 10.2. The topological polar surface area (TPSA) is 72.5 Å². The minimum Gasteiger partial charge on any atom is -0.493 e. The van der Waals surface area contributed by atoms with Crippen LogP contribution < -0.4 is 20.1 Å². The molecule has 6 nitrogen and oxygen atoms in total. The van der Waals surface area contributed by atoms with Crippen molar-refractivity contribution < 1.29 is 14.3 Å². The van der Waals surface area contributed by atoms with Gasteiger partial charge in [0.25, 0.3) is 5.91 Å². The second kappa shape index (κ2) is 9.10. The van der Waals surface area contributed by atoms with Gasteiger partial charge in [0.05, 0.1) is 14.2 Å². The number of nitrogens with zero attached hydrogens (tertiary/aromatic N) is 1. The van der Waals surface area contributed by atoms with Gasteiger partial charge < -0.3 is 20.1 Å². The van der Waals surface area contributed by atoms with E-state index in [1.54, 1.807) is 50.7 Å². The summed E-state index contributed by atoms with van der Waals surface area (Å²) in [4.78, 5) is 16.7. The van der Waals surface area contributed by atoms with Gasteiger partial charge in [-0.15, -0.1) is 0 Å². The molecule has 1 aromatic heterocycles. The Labute approximate surface area is 168 Å². The Morgan fingerprint density at radius 2 is 1.79 bits per heavy atom. The summed E-state index contributed by atoms with van der Waals surface area (Å²) in [6.45, 7) is 0.542. The minimum atomic E-state index is -0.325. The summed E-state index contributed by atoms with van der Waals surface area (Å²) >= 11 is 6.17. The van der Waals surface area contributed by atoms with Gasteiger partial charge in [-0.25, -0.2) is 0 Å². The Hall–Kier alpha value is -3.25. The number of ether oxygens (including phenoxy) is 2. The molecule has 1 amide bonds. The Morgan fingerprint density at radius 3 is 2.54 bits per heavy atom. The van der Waals surface area contributed by atoms with Crippen LogP contribution in [-0.4, -0.2) is 25.1 Å². The molecule has 0 fully saturated rings. The molecule has 0 unspecified atom stereocenters. The van der Waals surface area contributed by atoms with E-state index < -0.39 is 0 Å². The first-order valence-electron chi connectivity index (χ1n) is 8.57. The molecule has 0 saturated carbocycles. The molecule has 0 radical (unpaired) electrons. The maximum atomic E-state index is 12.6. The lowest BCUT2D eigenvalue weighted by Gasteiger charge is -2.11. The number of carbonyl (C=O) groups excluding carboxylic acids is 1. The summed E-state index contributed by atoms with van der Waals surface area (Å²) in [7, 11) is 3.10. The summed E-state index contributed by atoms with van der Waals surface area (Å²) in [5.41, 5.74) is 2.61. The van der Waals surface area contributed by atoms with E-state index in [-0.39, 0.29) is 5.91 Å². The first kappa shape index (κ1) is 19.5. The number of methoxy groups -OCH3 is 2. The molecule has 7 heteroatoms. The van der Waals surface area contributed by atoms with Gasteiger partial charge in [-0.1, -0.05) is 29.8 Å². The van der Waals surface area contributed by atoms with Gasteiger partial charge in [0, 0.05) is 35.2 Å². The third-order valence-electron chi connectivity index (χ3n) is 4.07. The summed E-state index contributed by atoms with van der Waals surface area (Å²) in [6.07, 6.45) is 1.58. The normalized spacial score (nSPS) is 10.2. The molecule has 0 spiro atoms. The molecule has 3 aromatic rings. The van der Waals surface area contributed by atoms with Gasteiger partial charge >= 0.3 is 0 Å². The van der Waals surface area contributed by atoms with Crippen molar-refractivity contribution in [2.45, 2.75) is 6.54 Å². The number of nitrogens with one attached hydrogen (secondary N) is 2. The van der Waals surface area contributed by atoms with E-state index in [0.29, 0.717) is 34.4 Å². The zero-order valence-electron chi connectivity index (χ0n) is 15.5. The standard InChI is InChI=1S/C21H20ClN3O3/c1-27-19-8-7-16(12-20(19)28-2)25-21(26)18-11-15(9-10-23-18)24-13-14-5-3-4-6-17(14)22/h3-12H,13H2,1-2H3,(H,23,24)(H,25,26). The van der Waals surface area contributed by atoms with Crippen molar-refractivity contribution in [1.29, 1.82) is 0 Å². The Bertz CT molecular complexity index is 979. The van der Waals surface area contributed by atoms with Gasteiger partial charge in [0.1, 0.15) is 5.69 Å². The fraction of sp³-hybridized carbons (Fsp3) is 0.143. The third-order valence-corrected chi connectivity index (χ3v) is 4.44. The van der Waals surface area contributed by atoms with Crippen molar-refractivity contribution in [3.8, 4) is 11.5 Å². The first-order valence-corrected chi connectivity index (χ1v) is 8.95. The van der Waals surface area contributed by atoms with Crippen LogP contribution in [0, 0.1) is 0 Å². The number of anilines is 2. The lowest BCUT2D eigenvalue weighted by Crippen LogP contribution is -2.14. The van der Waals surface area contributed by atoms with E-state index in [1.165, 1.54) is 0 Å². The number of benzene rings is 2. The molecule has 0 atom stereocenters. The smallest absolute Gasteiger partial charge is 0.274 e. The number of amides is 1. The van der Waals surface area contributed by atoms with E-state index in [0.717, 1.165) is 11.3 Å². The van der Waals surface area contributed by atoms with Crippen LogP contribution in [-0.2, 0) is 6.54 Å². The van der Waals surface area contributed by atoms with E-state index >= 15 is 0 Å². The second-order valence-corrected chi connectivity index (χ2v) is 6.31. The fourth-order valence-corrected chi connectivity index (χ4v) is 2.82. The van der Waals surface area contributed by atoms with E-state index in [9.17, 15) is 4.79 Å². The van der Waals surface area contributed by atoms with Crippen LogP contribution in [0.2, 0.25) is 5.02 Å². The highest BCUT2D eigenvalue weighted by molar-refractivity contribution is 6.31. The van der Waals surface area contributed by atoms with Crippen LogP contribution in [0.3, 0.4) is 0 Å². The molecule has 2 N–H and O–H groups in total. The third kappa shape index (κ3) is 4.72. The molecular formula is C21H20ClN3O3. The lowest BCUT2D eigenvalue weighted by molar-refractivity contribution is 0.102. The second-order valence-electron chi connectivity index (χ2n) is 5.90. The van der Waals surface area contributed by atoms with Crippen LogP contribution in [0.15, 0.2) is 60.8 Å². The molecule has 0 bridgehead atoms. The summed E-state index contributed by atoms with van der Waals surface area (Å²) in [6, 6.07) is 16.2. The number of aromatic nitrogens is 1. The highest BCUT2D eigenvalue weighted by Crippen LogP contribution is 2.30. The Kier molecular flexibility index (Phi) is 6.34. The molecule has 0 aliphatic rings. The van der Waals surface area contributed by atoms with Crippen molar-refractivity contribution in [3.63, 3.8) is 0 Å². The van der Waals surface area contributed by atoms with Gasteiger partial charge in [-0.05, 0) is 35.9 Å². The minimum absolute atomic E-state index is 0.291. The zero-order valence-corrected chi connectivity index (χ0v) is 16.3. The monoisotopic (exact) mass is 397 g/mol. The van der Waals surface area contributed by atoms with E-state index in [1.807, 2.05) is 24.3 Å². The molecule has 144 valence electrons. The van der Waals surface area contributed by atoms with Crippen LogP contribution in [0.1, 0.15) is 16.1 Å². The molecular weight excluding hydrogens is 378 g/mol. The van der Waals surface area contributed by atoms with Gasteiger partial charge in [-0.3, -0.25) is 9.78 Å². The van der Waals surface area contributed by atoms with E-state index in [4.69, 9.17) is 21.1 Å². The average molecular weight is 398 g/mol. The number of hydrogen-bond acceptors (Lipinski definition) is 5. The number of carbonyl (C=O) groups is 1. The van der Waals surface area contributed by atoms with Crippen molar-refractivity contribution in [1.82, 2.24) is 4.98 Å². The summed E-state index contributed by atoms with van der Waals surface area (Å²) < 4.78 is 10.5.